The SMILES string of the molecule is CSCC(C)NC(=O)N(CCC(=O)O)C(C)C. The second-order valence-electron chi connectivity index (χ2n) is 4.24. The molecule has 0 aromatic heterocycles. The molecule has 0 spiro atoms. The van der Waals surface area contributed by atoms with E-state index in [0.29, 0.717) is 0 Å². The second kappa shape index (κ2) is 8.22. The number of carboxylic acids is 1. The average molecular weight is 262 g/mol. The number of nitrogens with one attached hydrogen (secondary N) is 1. The van der Waals surface area contributed by atoms with Crippen LogP contribution in [0.15, 0.2) is 0 Å². The fraction of sp³-hybridized carbons (Fsp3) is 0.818. The lowest BCUT2D eigenvalue weighted by molar-refractivity contribution is -0.137. The van der Waals surface area contributed by atoms with Gasteiger partial charge in [-0.25, -0.2) is 4.79 Å². The summed E-state index contributed by atoms with van der Waals surface area (Å²) in [5.74, 6) is -0.0445. The number of thioether (sulfide) groups is 1. The first-order valence-electron chi connectivity index (χ1n) is 5.66. The van der Waals surface area contributed by atoms with Gasteiger partial charge in [-0.15, -0.1) is 0 Å². The molecule has 0 bridgehead atoms. The van der Waals surface area contributed by atoms with Gasteiger partial charge in [0.25, 0.3) is 0 Å². The highest BCUT2D eigenvalue weighted by Gasteiger charge is 2.19. The standard InChI is InChI=1S/C11H22N2O3S/c1-8(2)13(6-5-10(14)15)11(16)12-9(3)7-17-4/h8-9H,5-7H2,1-4H3,(H,12,16)(H,14,15). The summed E-state index contributed by atoms with van der Waals surface area (Å²) in [6, 6.07) is -0.109. The van der Waals surface area contributed by atoms with Crippen molar-refractivity contribution in [2.45, 2.75) is 39.3 Å². The molecule has 2 amide bonds. The van der Waals surface area contributed by atoms with Crippen LogP contribution in [0.25, 0.3) is 0 Å². The molecular formula is C11H22N2O3S. The van der Waals surface area contributed by atoms with Crippen molar-refractivity contribution in [2.24, 2.45) is 0 Å². The lowest BCUT2D eigenvalue weighted by Gasteiger charge is -2.28. The number of aliphatic carboxylic acids is 1. The van der Waals surface area contributed by atoms with E-state index >= 15 is 0 Å². The van der Waals surface area contributed by atoms with Crippen molar-refractivity contribution in [1.82, 2.24) is 10.2 Å². The molecule has 1 atom stereocenters. The molecule has 100 valence electrons. The van der Waals surface area contributed by atoms with E-state index < -0.39 is 5.97 Å². The Balaban J connectivity index is 4.29. The summed E-state index contributed by atoms with van der Waals surface area (Å²) < 4.78 is 0. The second-order valence-corrected chi connectivity index (χ2v) is 5.15. The molecule has 0 aliphatic rings. The van der Waals surface area contributed by atoms with Gasteiger partial charge >= 0.3 is 12.0 Å². The van der Waals surface area contributed by atoms with E-state index in [1.165, 1.54) is 0 Å². The molecule has 0 radical (unpaired) electrons. The minimum Gasteiger partial charge on any atom is -0.481 e. The van der Waals surface area contributed by atoms with Gasteiger partial charge < -0.3 is 15.3 Å². The van der Waals surface area contributed by atoms with Crippen LogP contribution >= 0.6 is 11.8 Å². The van der Waals surface area contributed by atoms with Crippen molar-refractivity contribution in [3.05, 3.63) is 0 Å². The summed E-state index contributed by atoms with van der Waals surface area (Å²) in [6.45, 7) is 5.93. The molecule has 17 heavy (non-hydrogen) atoms. The lowest BCUT2D eigenvalue weighted by Crippen LogP contribution is -2.48. The Bertz CT molecular complexity index is 259. The van der Waals surface area contributed by atoms with E-state index in [0.717, 1.165) is 5.75 Å². The molecule has 0 rings (SSSR count). The van der Waals surface area contributed by atoms with Crippen molar-refractivity contribution in [2.75, 3.05) is 18.6 Å². The monoisotopic (exact) mass is 262 g/mol. The molecule has 0 aromatic carbocycles. The Hall–Kier alpha value is -0.910. The van der Waals surface area contributed by atoms with E-state index in [1.54, 1.807) is 16.7 Å². The van der Waals surface area contributed by atoms with Crippen LogP contribution < -0.4 is 5.32 Å². The lowest BCUT2D eigenvalue weighted by atomic mass is 10.3. The number of hydrogen-bond acceptors (Lipinski definition) is 3. The Kier molecular flexibility index (Phi) is 7.78. The number of rotatable bonds is 7. The summed E-state index contributed by atoms with van der Waals surface area (Å²) in [7, 11) is 0. The molecule has 5 nitrogen and oxygen atoms in total. The zero-order chi connectivity index (χ0) is 13.4. The summed E-state index contributed by atoms with van der Waals surface area (Å²) in [5, 5.41) is 11.5. The average Bonchev–Trinajstić information content (AvgIpc) is 2.16. The Morgan fingerprint density at radius 1 is 1.35 bits per heavy atom. The smallest absolute Gasteiger partial charge is 0.317 e. The zero-order valence-electron chi connectivity index (χ0n) is 10.9. The minimum absolute atomic E-state index is 0.00386. The van der Waals surface area contributed by atoms with Gasteiger partial charge in [0.1, 0.15) is 0 Å². The van der Waals surface area contributed by atoms with Crippen LogP contribution in [-0.2, 0) is 4.79 Å². The number of urea groups is 1. The molecule has 0 heterocycles. The fourth-order valence-electron chi connectivity index (χ4n) is 1.40. The summed E-state index contributed by atoms with van der Waals surface area (Å²) in [5.41, 5.74) is 0. The van der Waals surface area contributed by atoms with Gasteiger partial charge in [0.2, 0.25) is 0 Å². The Morgan fingerprint density at radius 2 is 1.94 bits per heavy atom. The predicted octanol–water partition coefficient (Wildman–Crippen LogP) is 1.63. The Labute approximate surface area is 107 Å². The van der Waals surface area contributed by atoms with Crippen LogP contribution in [0.4, 0.5) is 4.79 Å². The molecule has 1 unspecified atom stereocenters. The largest absolute Gasteiger partial charge is 0.481 e. The maximum Gasteiger partial charge on any atom is 0.317 e. The molecule has 0 aliphatic carbocycles. The molecule has 0 saturated heterocycles. The molecule has 0 aliphatic heterocycles. The third kappa shape index (κ3) is 7.10. The van der Waals surface area contributed by atoms with Gasteiger partial charge in [0, 0.05) is 24.4 Å². The predicted molar refractivity (Wildman–Crippen MR) is 70.5 cm³/mol. The maximum atomic E-state index is 11.9. The highest BCUT2D eigenvalue weighted by Crippen LogP contribution is 2.03. The zero-order valence-corrected chi connectivity index (χ0v) is 11.7. The number of amides is 2. The van der Waals surface area contributed by atoms with Crippen molar-refractivity contribution >= 4 is 23.8 Å². The minimum atomic E-state index is -0.888. The van der Waals surface area contributed by atoms with Crippen LogP contribution in [0, 0.1) is 0 Å². The van der Waals surface area contributed by atoms with E-state index in [4.69, 9.17) is 5.11 Å². The van der Waals surface area contributed by atoms with Gasteiger partial charge in [-0.05, 0) is 27.0 Å². The van der Waals surface area contributed by atoms with Gasteiger partial charge in [-0.1, -0.05) is 0 Å². The quantitative estimate of drug-likeness (QED) is 0.731. The first-order chi connectivity index (χ1) is 7.88. The first-order valence-corrected chi connectivity index (χ1v) is 7.05. The molecule has 0 aromatic rings. The number of hydrogen-bond donors (Lipinski definition) is 2. The molecular weight excluding hydrogens is 240 g/mol. The van der Waals surface area contributed by atoms with Gasteiger partial charge in [0.05, 0.1) is 6.42 Å². The van der Waals surface area contributed by atoms with Crippen LogP contribution in [0.5, 0.6) is 0 Å². The van der Waals surface area contributed by atoms with Gasteiger partial charge in [-0.3, -0.25) is 4.79 Å². The van der Waals surface area contributed by atoms with Gasteiger partial charge in [0.15, 0.2) is 0 Å². The fourth-order valence-corrected chi connectivity index (χ4v) is 1.98. The summed E-state index contributed by atoms with van der Waals surface area (Å²) in [6.07, 6.45) is 1.95. The first kappa shape index (κ1) is 16.1. The molecule has 2 N–H and O–H groups in total. The van der Waals surface area contributed by atoms with Crippen LogP contribution in [0.1, 0.15) is 27.2 Å². The third-order valence-corrected chi connectivity index (χ3v) is 3.07. The summed E-state index contributed by atoms with van der Waals surface area (Å²) in [4.78, 5) is 24.0. The number of carbonyl (C=O) groups is 2. The molecule has 0 fully saturated rings. The van der Waals surface area contributed by atoms with E-state index in [9.17, 15) is 9.59 Å². The normalized spacial score (nSPS) is 12.3. The van der Waals surface area contributed by atoms with E-state index in [-0.39, 0.29) is 31.1 Å². The maximum absolute atomic E-state index is 11.9. The summed E-state index contributed by atoms with van der Waals surface area (Å²) >= 11 is 1.66. The highest BCUT2D eigenvalue weighted by atomic mass is 32.2. The third-order valence-electron chi connectivity index (χ3n) is 2.24. The van der Waals surface area contributed by atoms with Crippen LogP contribution in [-0.4, -0.2) is 52.6 Å². The van der Waals surface area contributed by atoms with Crippen molar-refractivity contribution in [1.29, 1.82) is 0 Å². The van der Waals surface area contributed by atoms with Crippen LogP contribution in [0.3, 0.4) is 0 Å². The van der Waals surface area contributed by atoms with Crippen molar-refractivity contribution in [3.63, 3.8) is 0 Å². The number of carbonyl (C=O) groups excluding carboxylic acids is 1. The van der Waals surface area contributed by atoms with E-state index in [2.05, 4.69) is 5.32 Å². The number of carboxylic acid groups (broad SMARTS) is 1. The molecule has 6 heteroatoms. The van der Waals surface area contributed by atoms with Gasteiger partial charge in [-0.2, -0.15) is 11.8 Å². The topological polar surface area (TPSA) is 69.6 Å². The van der Waals surface area contributed by atoms with Crippen molar-refractivity contribution < 1.29 is 14.7 Å². The number of nitrogens with zero attached hydrogens (tertiary/aromatic N) is 1. The van der Waals surface area contributed by atoms with Crippen molar-refractivity contribution in [3.8, 4) is 0 Å². The van der Waals surface area contributed by atoms with E-state index in [1.807, 2.05) is 27.0 Å². The molecule has 0 saturated carbocycles. The highest BCUT2D eigenvalue weighted by molar-refractivity contribution is 7.98. The Morgan fingerprint density at radius 3 is 2.35 bits per heavy atom. The van der Waals surface area contributed by atoms with Crippen LogP contribution in [0.2, 0.25) is 0 Å².